The van der Waals surface area contributed by atoms with Crippen molar-refractivity contribution in [3.8, 4) is 0 Å². The van der Waals surface area contributed by atoms with Crippen molar-refractivity contribution in [3.63, 3.8) is 0 Å². The van der Waals surface area contributed by atoms with Gasteiger partial charge < -0.3 is 10.3 Å². The molecular formula is C18H20ClN3. The number of imidazole rings is 1. The summed E-state index contributed by atoms with van der Waals surface area (Å²) in [5, 5.41) is 0.764. The fourth-order valence-electron chi connectivity index (χ4n) is 2.71. The van der Waals surface area contributed by atoms with Crippen LogP contribution in [0.2, 0.25) is 5.02 Å². The standard InChI is InChI=1S/C18H20ClN3/c19-15-9-7-14(8-10-15)13-18-21-16-5-1-2-6-17(16)22(18)12-4-3-11-20/h1-2,5-10H,3-4,11-13,20H2. The molecule has 0 amide bonds. The summed E-state index contributed by atoms with van der Waals surface area (Å²) in [4.78, 5) is 4.81. The van der Waals surface area contributed by atoms with Gasteiger partial charge >= 0.3 is 0 Å². The van der Waals surface area contributed by atoms with Crippen LogP contribution in [0, 0.1) is 0 Å². The van der Waals surface area contributed by atoms with Crippen LogP contribution in [0.4, 0.5) is 0 Å². The molecule has 0 spiro atoms. The minimum atomic E-state index is 0.735. The van der Waals surface area contributed by atoms with Crippen molar-refractivity contribution in [2.24, 2.45) is 5.73 Å². The van der Waals surface area contributed by atoms with Gasteiger partial charge in [0.1, 0.15) is 5.82 Å². The minimum absolute atomic E-state index is 0.735. The number of aryl methyl sites for hydroxylation is 1. The second-order valence-electron chi connectivity index (χ2n) is 5.47. The number of halogens is 1. The summed E-state index contributed by atoms with van der Waals surface area (Å²) < 4.78 is 2.32. The summed E-state index contributed by atoms with van der Waals surface area (Å²) in [6.45, 7) is 1.69. The van der Waals surface area contributed by atoms with Crippen molar-refractivity contribution < 1.29 is 0 Å². The molecule has 22 heavy (non-hydrogen) atoms. The van der Waals surface area contributed by atoms with E-state index in [-0.39, 0.29) is 0 Å². The molecule has 0 saturated carbocycles. The second kappa shape index (κ2) is 6.95. The molecule has 2 N–H and O–H groups in total. The number of nitrogens with two attached hydrogens (primary N) is 1. The molecule has 4 heteroatoms. The van der Waals surface area contributed by atoms with Gasteiger partial charge in [-0.1, -0.05) is 35.9 Å². The molecular weight excluding hydrogens is 294 g/mol. The second-order valence-corrected chi connectivity index (χ2v) is 5.90. The topological polar surface area (TPSA) is 43.8 Å². The Labute approximate surface area is 135 Å². The number of para-hydroxylation sites is 2. The van der Waals surface area contributed by atoms with Gasteiger partial charge in [-0.3, -0.25) is 0 Å². The first-order valence-electron chi connectivity index (χ1n) is 7.66. The zero-order valence-electron chi connectivity index (χ0n) is 12.5. The number of nitrogens with zero attached hydrogens (tertiary/aromatic N) is 2. The Kier molecular flexibility index (Phi) is 4.76. The van der Waals surface area contributed by atoms with Crippen molar-refractivity contribution in [2.45, 2.75) is 25.8 Å². The third kappa shape index (κ3) is 3.32. The average Bonchev–Trinajstić information content (AvgIpc) is 2.88. The lowest BCUT2D eigenvalue weighted by Crippen LogP contribution is -2.07. The van der Waals surface area contributed by atoms with Gasteiger partial charge in [0.2, 0.25) is 0 Å². The van der Waals surface area contributed by atoms with Crippen LogP contribution in [-0.4, -0.2) is 16.1 Å². The molecule has 0 bridgehead atoms. The zero-order chi connectivity index (χ0) is 15.4. The van der Waals surface area contributed by atoms with Gasteiger partial charge in [-0.05, 0) is 49.2 Å². The highest BCUT2D eigenvalue weighted by molar-refractivity contribution is 6.30. The molecule has 3 rings (SSSR count). The van der Waals surface area contributed by atoms with Gasteiger partial charge in [-0.15, -0.1) is 0 Å². The van der Waals surface area contributed by atoms with Crippen LogP contribution in [0.5, 0.6) is 0 Å². The molecule has 2 aromatic carbocycles. The van der Waals surface area contributed by atoms with Crippen LogP contribution >= 0.6 is 11.6 Å². The number of hydrogen-bond acceptors (Lipinski definition) is 2. The highest BCUT2D eigenvalue weighted by Crippen LogP contribution is 2.20. The molecule has 0 aliphatic heterocycles. The van der Waals surface area contributed by atoms with Gasteiger partial charge in [-0.25, -0.2) is 4.98 Å². The summed E-state index contributed by atoms with van der Waals surface area (Å²) >= 11 is 5.96. The molecule has 1 heterocycles. The lowest BCUT2D eigenvalue weighted by Gasteiger charge is -2.09. The molecule has 0 fully saturated rings. The van der Waals surface area contributed by atoms with Gasteiger partial charge in [0.15, 0.2) is 0 Å². The van der Waals surface area contributed by atoms with E-state index in [0.29, 0.717) is 0 Å². The molecule has 114 valence electrons. The van der Waals surface area contributed by atoms with Crippen LogP contribution in [0.15, 0.2) is 48.5 Å². The van der Waals surface area contributed by atoms with Crippen molar-refractivity contribution >= 4 is 22.6 Å². The van der Waals surface area contributed by atoms with Crippen molar-refractivity contribution in [1.29, 1.82) is 0 Å². The summed E-state index contributed by atoms with van der Waals surface area (Å²) in [6.07, 6.45) is 2.92. The average molecular weight is 314 g/mol. The summed E-state index contributed by atoms with van der Waals surface area (Å²) in [5.74, 6) is 1.10. The molecule has 0 aliphatic carbocycles. The van der Waals surface area contributed by atoms with Crippen molar-refractivity contribution in [2.75, 3.05) is 6.54 Å². The Morgan fingerprint density at radius 3 is 2.55 bits per heavy atom. The Hall–Kier alpha value is -1.84. The Balaban J connectivity index is 1.92. The molecule has 3 aromatic rings. The third-order valence-electron chi connectivity index (χ3n) is 3.84. The molecule has 0 saturated heterocycles. The highest BCUT2D eigenvalue weighted by atomic mass is 35.5. The predicted molar refractivity (Wildman–Crippen MR) is 92.3 cm³/mol. The minimum Gasteiger partial charge on any atom is -0.330 e. The van der Waals surface area contributed by atoms with E-state index < -0.39 is 0 Å². The maximum absolute atomic E-state index is 5.96. The maximum Gasteiger partial charge on any atom is 0.114 e. The smallest absolute Gasteiger partial charge is 0.114 e. The van der Waals surface area contributed by atoms with Crippen LogP contribution in [-0.2, 0) is 13.0 Å². The van der Waals surface area contributed by atoms with Gasteiger partial charge in [0.05, 0.1) is 11.0 Å². The first kappa shape index (κ1) is 15.1. The number of rotatable bonds is 6. The van der Waals surface area contributed by atoms with E-state index in [9.17, 15) is 0 Å². The summed E-state index contributed by atoms with van der Waals surface area (Å²) in [5.41, 5.74) is 9.09. The van der Waals surface area contributed by atoms with Crippen LogP contribution in [0.3, 0.4) is 0 Å². The highest BCUT2D eigenvalue weighted by Gasteiger charge is 2.10. The molecule has 3 nitrogen and oxygen atoms in total. The zero-order valence-corrected chi connectivity index (χ0v) is 13.3. The molecule has 0 atom stereocenters. The number of fused-ring (bicyclic) bond motifs is 1. The molecule has 0 unspecified atom stereocenters. The SMILES string of the molecule is NCCCCn1c(Cc2ccc(Cl)cc2)nc2ccccc21. The predicted octanol–water partition coefficient (Wildman–Crippen LogP) is 4.02. The fourth-order valence-corrected chi connectivity index (χ4v) is 2.83. The van der Waals surface area contributed by atoms with E-state index in [4.69, 9.17) is 22.3 Å². The molecule has 0 aliphatic rings. The molecule has 1 aromatic heterocycles. The first-order chi connectivity index (χ1) is 10.8. The van der Waals surface area contributed by atoms with Crippen LogP contribution in [0.1, 0.15) is 24.2 Å². The van der Waals surface area contributed by atoms with Gasteiger partial charge in [0.25, 0.3) is 0 Å². The lowest BCUT2D eigenvalue weighted by atomic mass is 10.1. The van der Waals surface area contributed by atoms with Crippen molar-refractivity contribution in [3.05, 3.63) is 64.9 Å². The maximum atomic E-state index is 5.96. The van der Waals surface area contributed by atoms with E-state index >= 15 is 0 Å². The monoisotopic (exact) mass is 313 g/mol. The molecule has 0 radical (unpaired) electrons. The normalized spacial score (nSPS) is 11.2. The summed E-state index contributed by atoms with van der Waals surface area (Å²) in [7, 11) is 0. The lowest BCUT2D eigenvalue weighted by molar-refractivity contribution is 0.608. The fraction of sp³-hybridized carbons (Fsp3) is 0.278. The quantitative estimate of drug-likeness (QED) is 0.698. The Bertz CT molecular complexity index is 747. The number of hydrogen-bond donors (Lipinski definition) is 1. The van der Waals surface area contributed by atoms with E-state index in [1.54, 1.807) is 0 Å². The van der Waals surface area contributed by atoms with E-state index in [2.05, 4.69) is 34.9 Å². The van der Waals surface area contributed by atoms with Crippen LogP contribution in [0.25, 0.3) is 11.0 Å². The van der Waals surface area contributed by atoms with E-state index in [1.807, 2.05) is 18.2 Å². The van der Waals surface area contributed by atoms with Gasteiger partial charge in [0, 0.05) is 18.0 Å². The van der Waals surface area contributed by atoms with Crippen molar-refractivity contribution in [1.82, 2.24) is 9.55 Å². The van der Waals surface area contributed by atoms with E-state index in [0.717, 1.165) is 48.7 Å². The number of benzene rings is 2. The number of aromatic nitrogens is 2. The first-order valence-corrected chi connectivity index (χ1v) is 8.04. The van der Waals surface area contributed by atoms with Gasteiger partial charge in [-0.2, -0.15) is 0 Å². The third-order valence-corrected chi connectivity index (χ3v) is 4.10. The largest absolute Gasteiger partial charge is 0.330 e. The Morgan fingerprint density at radius 2 is 1.77 bits per heavy atom. The summed E-state index contributed by atoms with van der Waals surface area (Å²) in [6, 6.07) is 16.3. The van der Waals surface area contributed by atoms with Crippen LogP contribution < -0.4 is 5.73 Å². The Morgan fingerprint density at radius 1 is 1.00 bits per heavy atom. The number of unbranched alkanes of at least 4 members (excludes halogenated alkanes) is 1. The van der Waals surface area contributed by atoms with E-state index in [1.165, 1.54) is 11.1 Å².